The van der Waals surface area contributed by atoms with Crippen LogP contribution in [0.3, 0.4) is 0 Å². The molecule has 1 aliphatic carbocycles. The molecule has 1 aliphatic rings. The minimum Gasteiger partial charge on any atom is -0.454 e. The first-order valence-corrected chi connectivity index (χ1v) is 5.73. The van der Waals surface area contributed by atoms with Crippen LogP contribution in [0, 0.1) is 5.41 Å². The molecule has 86 valence electrons. The Kier molecular flexibility index (Phi) is 3.27. The Balaban J connectivity index is 2.70. The average Bonchev–Trinajstić information content (AvgIpc) is 2.47. The maximum atomic E-state index is 11.9. The fraction of sp³-hybridized carbons (Fsp3) is 0.769. The third kappa shape index (κ3) is 2.42. The monoisotopic (exact) mass is 210 g/mol. The van der Waals surface area contributed by atoms with E-state index in [9.17, 15) is 4.79 Å². The van der Waals surface area contributed by atoms with Gasteiger partial charge in [-0.1, -0.05) is 13.5 Å². The van der Waals surface area contributed by atoms with Crippen LogP contribution >= 0.6 is 0 Å². The quantitative estimate of drug-likeness (QED) is 0.526. The highest BCUT2D eigenvalue weighted by molar-refractivity contribution is 5.76. The van der Waals surface area contributed by atoms with Gasteiger partial charge in [0.15, 0.2) is 0 Å². The van der Waals surface area contributed by atoms with Crippen molar-refractivity contribution in [3.8, 4) is 0 Å². The van der Waals surface area contributed by atoms with E-state index in [1.54, 1.807) is 0 Å². The highest BCUT2D eigenvalue weighted by Crippen LogP contribution is 2.38. The van der Waals surface area contributed by atoms with E-state index in [1.807, 2.05) is 27.7 Å². The summed E-state index contributed by atoms with van der Waals surface area (Å²) in [7, 11) is 0. The van der Waals surface area contributed by atoms with Crippen LogP contribution in [0.1, 0.15) is 53.4 Å². The number of carbonyl (C=O) groups is 1. The van der Waals surface area contributed by atoms with Crippen LogP contribution < -0.4 is 0 Å². The summed E-state index contributed by atoms with van der Waals surface area (Å²) in [6.07, 6.45) is 3.78. The van der Waals surface area contributed by atoms with E-state index in [0.29, 0.717) is 0 Å². The molecule has 2 nitrogen and oxygen atoms in total. The summed E-state index contributed by atoms with van der Waals surface area (Å²) < 4.78 is 5.63. The molecule has 0 saturated heterocycles. The van der Waals surface area contributed by atoms with Crippen LogP contribution in [0.5, 0.6) is 0 Å². The van der Waals surface area contributed by atoms with E-state index in [1.165, 1.54) is 0 Å². The predicted octanol–water partition coefficient (Wildman–Crippen LogP) is 3.46. The molecule has 0 radical (unpaired) electrons. The van der Waals surface area contributed by atoms with Gasteiger partial charge >= 0.3 is 5.97 Å². The largest absolute Gasteiger partial charge is 0.454 e. The maximum absolute atomic E-state index is 11.9. The lowest BCUT2D eigenvalue weighted by Crippen LogP contribution is -2.36. The Morgan fingerprint density at radius 3 is 2.60 bits per heavy atom. The van der Waals surface area contributed by atoms with Crippen molar-refractivity contribution in [3.05, 3.63) is 12.2 Å². The summed E-state index contributed by atoms with van der Waals surface area (Å²) >= 11 is 0. The van der Waals surface area contributed by atoms with Gasteiger partial charge in [-0.3, -0.25) is 4.79 Å². The van der Waals surface area contributed by atoms with Crippen LogP contribution in [-0.2, 0) is 9.53 Å². The van der Waals surface area contributed by atoms with Crippen LogP contribution in [0.15, 0.2) is 12.2 Å². The lowest BCUT2D eigenvalue weighted by atomic mass is 9.90. The lowest BCUT2D eigenvalue weighted by molar-refractivity contribution is -0.165. The second-order valence-electron chi connectivity index (χ2n) is 5.31. The van der Waals surface area contributed by atoms with Crippen molar-refractivity contribution in [1.29, 1.82) is 0 Å². The summed E-state index contributed by atoms with van der Waals surface area (Å²) in [5.74, 6) is -0.101. The minimum absolute atomic E-state index is 0.101. The second-order valence-corrected chi connectivity index (χ2v) is 5.31. The summed E-state index contributed by atoms with van der Waals surface area (Å²) in [5.41, 5.74) is 0.262. The molecular weight excluding hydrogens is 188 g/mol. The Morgan fingerprint density at radius 2 is 2.20 bits per heavy atom. The van der Waals surface area contributed by atoms with Crippen molar-refractivity contribution < 1.29 is 9.53 Å². The second kappa shape index (κ2) is 3.99. The van der Waals surface area contributed by atoms with Gasteiger partial charge in [-0.2, -0.15) is 0 Å². The number of esters is 1. The highest BCUT2D eigenvalue weighted by atomic mass is 16.6. The fourth-order valence-corrected chi connectivity index (χ4v) is 1.69. The van der Waals surface area contributed by atoms with Gasteiger partial charge in [0, 0.05) is 0 Å². The van der Waals surface area contributed by atoms with Crippen molar-refractivity contribution in [1.82, 2.24) is 0 Å². The standard InChI is InChI=1S/C13H22O2/c1-6-12(3,4)11(14)15-13(5)9-7-8-10(13)2/h2,6-9H2,1,3-5H3. The summed E-state index contributed by atoms with van der Waals surface area (Å²) in [6, 6.07) is 0. The topological polar surface area (TPSA) is 26.3 Å². The van der Waals surface area contributed by atoms with E-state index in [-0.39, 0.29) is 11.4 Å². The molecule has 0 N–H and O–H groups in total. The van der Waals surface area contributed by atoms with E-state index < -0.39 is 5.60 Å². The Labute approximate surface area is 92.7 Å². The third-order valence-corrected chi connectivity index (χ3v) is 3.63. The molecule has 0 aliphatic heterocycles. The average molecular weight is 210 g/mol. The van der Waals surface area contributed by atoms with Gasteiger partial charge in [-0.15, -0.1) is 0 Å². The molecule has 1 saturated carbocycles. The van der Waals surface area contributed by atoms with Gasteiger partial charge < -0.3 is 4.74 Å². The molecule has 1 atom stereocenters. The van der Waals surface area contributed by atoms with Crippen molar-refractivity contribution >= 4 is 5.97 Å². The fourth-order valence-electron chi connectivity index (χ4n) is 1.69. The van der Waals surface area contributed by atoms with Crippen molar-refractivity contribution in [2.75, 3.05) is 0 Å². The number of rotatable bonds is 3. The van der Waals surface area contributed by atoms with Gasteiger partial charge in [0.05, 0.1) is 5.41 Å². The smallest absolute Gasteiger partial charge is 0.312 e. The molecule has 1 fully saturated rings. The number of carbonyl (C=O) groups excluding carboxylic acids is 1. The molecule has 1 rings (SSSR count). The molecule has 0 aromatic heterocycles. The first-order chi connectivity index (χ1) is 6.82. The zero-order valence-electron chi connectivity index (χ0n) is 10.4. The molecule has 0 heterocycles. The zero-order chi connectivity index (χ0) is 11.7. The Hall–Kier alpha value is -0.790. The first kappa shape index (κ1) is 12.3. The number of ether oxygens (including phenoxy) is 1. The normalized spacial score (nSPS) is 26.8. The summed E-state index contributed by atoms with van der Waals surface area (Å²) in [4.78, 5) is 11.9. The van der Waals surface area contributed by atoms with Gasteiger partial charge in [-0.25, -0.2) is 0 Å². The van der Waals surface area contributed by atoms with Crippen LogP contribution in [0.4, 0.5) is 0 Å². The van der Waals surface area contributed by atoms with Crippen LogP contribution in [0.25, 0.3) is 0 Å². The van der Waals surface area contributed by atoms with Crippen LogP contribution in [-0.4, -0.2) is 11.6 Å². The van der Waals surface area contributed by atoms with Gasteiger partial charge in [0.25, 0.3) is 0 Å². The van der Waals surface area contributed by atoms with Gasteiger partial charge in [-0.05, 0) is 52.0 Å². The SMILES string of the molecule is C=C1CCCC1(C)OC(=O)C(C)(C)CC. The van der Waals surface area contributed by atoms with Crippen molar-refractivity contribution in [3.63, 3.8) is 0 Å². The molecule has 2 heteroatoms. The summed E-state index contributed by atoms with van der Waals surface area (Å²) in [5, 5.41) is 0. The molecule has 0 aromatic carbocycles. The molecule has 0 amide bonds. The summed E-state index contributed by atoms with van der Waals surface area (Å²) in [6.45, 7) is 11.8. The van der Waals surface area contributed by atoms with E-state index in [4.69, 9.17) is 4.74 Å². The number of hydrogen-bond donors (Lipinski definition) is 0. The maximum Gasteiger partial charge on any atom is 0.312 e. The minimum atomic E-state index is -0.413. The first-order valence-electron chi connectivity index (χ1n) is 5.73. The Bertz CT molecular complexity index is 278. The zero-order valence-corrected chi connectivity index (χ0v) is 10.4. The lowest BCUT2D eigenvalue weighted by Gasteiger charge is -2.31. The molecule has 15 heavy (non-hydrogen) atoms. The highest BCUT2D eigenvalue weighted by Gasteiger charge is 2.39. The van der Waals surface area contributed by atoms with Crippen LogP contribution in [0.2, 0.25) is 0 Å². The molecule has 0 bridgehead atoms. The van der Waals surface area contributed by atoms with E-state index >= 15 is 0 Å². The van der Waals surface area contributed by atoms with Crippen molar-refractivity contribution in [2.45, 2.75) is 59.0 Å². The molecule has 0 spiro atoms. The molecule has 0 aromatic rings. The molecular formula is C13H22O2. The van der Waals surface area contributed by atoms with E-state index in [2.05, 4.69) is 6.58 Å². The van der Waals surface area contributed by atoms with E-state index in [0.717, 1.165) is 31.3 Å². The van der Waals surface area contributed by atoms with Gasteiger partial charge in [0.2, 0.25) is 0 Å². The molecule has 1 unspecified atom stereocenters. The Morgan fingerprint density at radius 1 is 1.60 bits per heavy atom. The predicted molar refractivity (Wildman–Crippen MR) is 61.6 cm³/mol. The van der Waals surface area contributed by atoms with Gasteiger partial charge in [0.1, 0.15) is 5.60 Å². The van der Waals surface area contributed by atoms with Crippen molar-refractivity contribution in [2.24, 2.45) is 5.41 Å². The third-order valence-electron chi connectivity index (χ3n) is 3.63. The number of hydrogen-bond acceptors (Lipinski definition) is 2.